The summed E-state index contributed by atoms with van der Waals surface area (Å²) in [5.74, 6) is -0.663. The van der Waals surface area contributed by atoms with Crippen LogP contribution in [0.1, 0.15) is 40.5 Å². The number of nitrogens with zero attached hydrogens (tertiary/aromatic N) is 1. The molecule has 1 aromatic heterocycles. The molecule has 0 bridgehead atoms. The van der Waals surface area contributed by atoms with Gasteiger partial charge in [-0.15, -0.1) is 11.3 Å². The molecule has 0 saturated carbocycles. The van der Waals surface area contributed by atoms with Crippen LogP contribution in [-0.2, 0) is 14.8 Å². The maximum absolute atomic E-state index is 12.8. The highest BCUT2D eigenvalue weighted by Crippen LogP contribution is 2.36. The van der Waals surface area contributed by atoms with E-state index in [4.69, 9.17) is 4.74 Å². The summed E-state index contributed by atoms with van der Waals surface area (Å²) < 4.78 is 32.1. The lowest BCUT2D eigenvalue weighted by molar-refractivity contribution is 0.0528. The van der Waals surface area contributed by atoms with Gasteiger partial charge in [0.2, 0.25) is 10.0 Å². The van der Waals surface area contributed by atoms with E-state index in [0.717, 1.165) is 24.0 Å². The maximum atomic E-state index is 12.8. The van der Waals surface area contributed by atoms with Crippen molar-refractivity contribution >= 4 is 38.1 Å². The third-order valence-corrected chi connectivity index (χ3v) is 8.49. The molecule has 1 saturated heterocycles. The lowest BCUT2D eigenvalue weighted by Crippen LogP contribution is -2.27. The van der Waals surface area contributed by atoms with Crippen LogP contribution < -0.4 is 5.32 Å². The second-order valence-corrected chi connectivity index (χ2v) is 10.7. The molecule has 4 rings (SSSR count). The van der Waals surface area contributed by atoms with E-state index in [1.54, 1.807) is 6.92 Å². The predicted octanol–water partition coefficient (Wildman–Crippen LogP) is 4.67. The van der Waals surface area contributed by atoms with E-state index in [9.17, 15) is 18.0 Å². The summed E-state index contributed by atoms with van der Waals surface area (Å²) in [5, 5.41) is 5.49. The van der Waals surface area contributed by atoms with Crippen LogP contribution in [-0.4, -0.2) is 50.7 Å². The van der Waals surface area contributed by atoms with Crippen molar-refractivity contribution in [2.45, 2.75) is 24.7 Å². The summed E-state index contributed by atoms with van der Waals surface area (Å²) in [5.41, 5.74) is 2.43. The third-order valence-electron chi connectivity index (χ3n) is 5.64. The van der Waals surface area contributed by atoms with Crippen molar-refractivity contribution < 1.29 is 22.7 Å². The minimum atomic E-state index is -3.52. The Labute approximate surface area is 203 Å². The van der Waals surface area contributed by atoms with Gasteiger partial charge in [0.15, 0.2) is 5.78 Å². The number of Topliss-reactive ketones (excluding diaryl/α,β-unsaturated/α-hetero) is 1. The average Bonchev–Trinajstić information content (AvgIpc) is 3.54. The van der Waals surface area contributed by atoms with E-state index in [2.05, 4.69) is 5.32 Å². The van der Waals surface area contributed by atoms with Crippen LogP contribution in [0.15, 0.2) is 64.9 Å². The van der Waals surface area contributed by atoms with Crippen LogP contribution in [0.2, 0.25) is 0 Å². The SMILES string of the molecule is CCOC(=O)c1c(-c2ccccc2)csc1NCC(=O)c1ccc(S(=O)(=O)N2CCCC2)cc1. The summed E-state index contributed by atoms with van der Waals surface area (Å²) in [6.45, 7) is 3.01. The molecular weight excluding hydrogens is 472 g/mol. The lowest BCUT2D eigenvalue weighted by atomic mass is 10.0. The number of thiophene rings is 1. The summed E-state index contributed by atoms with van der Waals surface area (Å²) in [7, 11) is -3.52. The molecule has 178 valence electrons. The number of carbonyl (C=O) groups excluding carboxylic acids is 2. The van der Waals surface area contributed by atoms with Gasteiger partial charge in [-0.2, -0.15) is 4.31 Å². The fraction of sp³-hybridized carbons (Fsp3) is 0.280. The van der Waals surface area contributed by atoms with E-state index in [1.165, 1.54) is 39.9 Å². The molecule has 0 aliphatic carbocycles. The van der Waals surface area contributed by atoms with Crippen LogP contribution >= 0.6 is 11.3 Å². The standard InChI is InChI=1S/C25H26N2O5S2/c1-2-32-25(29)23-21(18-8-4-3-5-9-18)17-33-24(23)26-16-22(28)19-10-12-20(13-11-19)34(30,31)27-14-6-7-15-27/h3-5,8-13,17,26H,2,6-7,14-16H2,1H3. The summed E-state index contributed by atoms with van der Waals surface area (Å²) >= 11 is 1.33. The number of rotatable bonds is 9. The molecule has 1 N–H and O–H groups in total. The number of anilines is 1. The van der Waals surface area contributed by atoms with E-state index in [-0.39, 0.29) is 23.8 Å². The minimum Gasteiger partial charge on any atom is -0.462 e. The first-order valence-electron chi connectivity index (χ1n) is 11.1. The molecule has 7 nitrogen and oxygen atoms in total. The zero-order valence-corrected chi connectivity index (χ0v) is 20.5. The van der Waals surface area contributed by atoms with Crippen LogP contribution in [0.25, 0.3) is 11.1 Å². The Morgan fingerprint density at radius 1 is 1.03 bits per heavy atom. The number of ether oxygens (including phenoxy) is 1. The first kappa shape index (κ1) is 24.1. The number of ketones is 1. The highest BCUT2D eigenvalue weighted by Gasteiger charge is 2.27. The molecule has 0 spiro atoms. The van der Waals surface area contributed by atoms with Crippen molar-refractivity contribution in [2.75, 3.05) is 31.6 Å². The smallest absolute Gasteiger partial charge is 0.341 e. The van der Waals surface area contributed by atoms with Crippen LogP contribution in [0.4, 0.5) is 5.00 Å². The van der Waals surface area contributed by atoms with E-state index < -0.39 is 16.0 Å². The number of esters is 1. The minimum absolute atomic E-state index is 0.0423. The van der Waals surface area contributed by atoms with Gasteiger partial charge in [0.05, 0.1) is 18.0 Å². The zero-order chi connectivity index (χ0) is 24.1. The molecule has 1 aliphatic rings. The Kier molecular flexibility index (Phi) is 7.45. The molecule has 34 heavy (non-hydrogen) atoms. The molecule has 2 aromatic carbocycles. The van der Waals surface area contributed by atoms with Crippen molar-refractivity contribution in [3.05, 3.63) is 71.1 Å². The first-order chi connectivity index (χ1) is 16.4. The Morgan fingerprint density at radius 3 is 2.35 bits per heavy atom. The van der Waals surface area contributed by atoms with Crippen molar-refractivity contribution in [1.82, 2.24) is 4.31 Å². The van der Waals surface area contributed by atoms with Crippen molar-refractivity contribution in [3.8, 4) is 11.1 Å². The van der Waals surface area contributed by atoms with Gasteiger partial charge in [-0.05, 0) is 49.6 Å². The molecular formula is C25H26N2O5S2. The zero-order valence-electron chi connectivity index (χ0n) is 18.8. The Morgan fingerprint density at radius 2 is 1.71 bits per heavy atom. The second-order valence-electron chi connectivity index (χ2n) is 7.85. The number of benzene rings is 2. The number of carbonyl (C=O) groups is 2. The van der Waals surface area contributed by atoms with Crippen LogP contribution in [0.3, 0.4) is 0 Å². The number of hydrogen-bond donors (Lipinski definition) is 1. The van der Waals surface area contributed by atoms with Crippen LogP contribution in [0.5, 0.6) is 0 Å². The van der Waals surface area contributed by atoms with Crippen molar-refractivity contribution in [1.29, 1.82) is 0 Å². The van der Waals surface area contributed by atoms with Gasteiger partial charge in [-0.1, -0.05) is 30.3 Å². The highest BCUT2D eigenvalue weighted by atomic mass is 32.2. The fourth-order valence-electron chi connectivity index (χ4n) is 3.88. The molecule has 0 amide bonds. The van der Waals surface area contributed by atoms with E-state index in [1.807, 2.05) is 35.7 Å². The van der Waals surface area contributed by atoms with Gasteiger partial charge in [0.25, 0.3) is 0 Å². The van der Waals surface area contributed by atoms with Gasteiger partial charge in [-0.25, -0.2) is 13.2 Å². The number of hydrogen-bond acceptors (Lipinski definition) is 7. The van der Waals surface area contributed by atoms with Crippen molar-refractivity contribution in [2.24, 2.45) is 0 Å². The Balaban J connectivity index is 1.49. The Hall–Kier alpha value is -3.01. The largest absolute Gasteiger partial charge is 0.462 e. The van der Waals surface area contributed by atoms with Gasteiger partial charge in [-0.3, -0.25) is 4.79 Å². The van der Waals surface area contributed by atoms with Gasteiger partial charge >= 0.3 is 5.97 Å². The summed E-state index contributed by atoms with van der Waals surface area (Å²) in [6.07, 6.45) is 1.73. The lowest BCUT2D eigenvalue weighted by Gasteiger charge is -2.15. The molecule has 0 radical (unpaired) electrons. The topological polar surface area (TPSA) is 92.8 Å². The quantitative estimate of drug-likeness (QED) is 0.340. The third kappa shape index (κ3) is 5.06. The first-order valence-corrected chi connectivity index (χ1v) is 13.4. The van der Waals surface area contributed by atoms with Crippen molar-refractivity contribution in [3.63, 3.8) is 0 Å². The van der Waals surface area contributed by atoms with Gasteiger partial charge in [0, 0.05) is 29.6 Å². The predicted molar refractivity (Wildman–Crippen MR) is 133 cm³/mol. The molecule has 1 fully saturated rings. The molecule has 0 unspecified atom stereocenters. The molecule has 2 heterocycles. The van der Waals surface area contributed by atoms with Gasteiger partial charge in [0.1, 0.15) is 10.6 Å². The highest BCUT2D eigenvalue weighted by molar-refractivity contribution is 7.89. The van der Waals surface area contributed by atoms with Crippen LogP contribution in [0, 0.1) is 0 Å². The molecule has 0 atom stereocenters. The molecule has 9 heteroatoms. The Bertz CT molecular complexity index is 1260. The maximum Gasteiger partial charge on any atom is 0.341 e. The number of nitrogens with one attached hydrogen (secondary N) is 1. The fourth-order valence-corrected chi connectivity index (χ4v) is 6.35. The normalized spacial score (nSPS) is 14.1. The van der Waals surface area contributed by atoms with E-state index >= 15 is 0 Å². The van der Waals surface area contributed by atoms with Gasteiger partial charge < -0.3 is 10.1 Å². The monoisotopic (exact) mass is 498 g/mol. The summed E-state index contributed by atoms with van der Waals surface area (Å²) in [4.78, 5) is 25.6. The van der Waals surface area contributed by atoms with E-state index in [0.29, 0.717) is 29.2 Å². The molecule has 1 aliphatic heterocycles. The number of sulfonamides is 1. The second kappa shape index (κ2) is 10.5. The average molecular weight is 499 g/mol. The summed E-state index contributed by atoms with van der Waals surface area (Å²) in [6, 6.07) is 15.5. The molecule has 3 aromatic rings.